The molecule has 0 N–H and O–H groups in total. The molecule has 3 nitrogen and oxygen atoms in total. The van der Waals surface area contributed by atoms with Gasteiger partial charge in [-0.1, -0.05) is 30.3 Å². The lowest BCUT2D eigenvalue weighted by atomic mass is 9.88. The van der Waals surface area contributed by atoms with Crippen molar-refractivity contribution in [1.82, 2.24) is 0 Å². The van der Waals surface area contributed by atoms with Crippen LogP contribution in [0.25, 0.3) is 6.08 Å². The number of halogens is 3. The van der Waals surface area contributed by atoms with Crippen molar-refractivity contribution < 1.29 is 27.4 Å². The van der Waals surface area contributed by atoms with Crippen LogP contribution in [0.5, 0.6) is 11.5 Å². The van der Waals surface area contributed by atoms with Crippen molar-refractivity contribution in [3.63, 3.8) is 0 Å². The van der Waals surface area contributed by atoms with Crippen LogP contribution in [0.2, 0.25) is 0 Å². The third-order valence-corrected chi connectivity index (χ3v) is 3.83. The van der Waals surface area contributed by atoms with Crippen molar-refractivity contribution in [1.29, 1.82) is 0 Å². The number of benzene rings is 2. The highest BCUT2D eigenvalue weighted by Crippen LogP contribution is 2.50. The second-order valence-electron chi connectivity index (χ2n) is 5.24. The van der Waals surface area contributed by atoms with Gasteiger partial charge in [-0.15, -0.1) is 0 Å². The molecule has 2 aromatic rings. The summed E-state index contributed by atoms with van der Waals surface area (Å²) in [6.07, 6.45) is -3.74. The van der Waals surface area contributed by atoms with Crippen LogP contribution in [-0.2, 0) is 0 Å². The Morgan fingerprint density at radius 3 is 2.22 bits per heavy atom. The zero-order chi connectivity index (χ0) is 16.2. The van der Waals surface area contributed by atoms with Crippen molar-refractivity contribution >= 4 is 11.9 Å². The molecule has 0 fully saturated rings. The van der Waals surface area contributed by atoms with Gasteiger partial charge in [-0.05, 0) is 24.3 Å². The molecule has 0 saturated carbocycles. The molecular formula is C17H9F3O3. The maximum atomic E-state index is 13.8. The van der Waals surface area contributed by atoms with E-state index in [4.69, 9.17) is 9.47 Å². The molecule has 2 aliphatic rings. The van der Waals surface area contributed by atoms with Gasteiger partial charge < -0.3 is 9.47 Å². The van der Waals surface area contributed by atoms with E-state index in [0.29, 0.717) is 5.56 Å². The smallest absolute Gasteiger partial charge is 0.440 e. The lowest BCUT2D eigenvalue weighted by Gasteiger charge is -2.42. The molecule has 23 heavy (non-hydrogen) atoms. The summed E-state index contributed by atoms with van der Waals surface area (Å²) >= 11 is 0. The molecule has 0 spiro atoms. The van der Waals surface area contributed by atoms with Crippen molar-refractivity contribution in [2.45, 2.75) is 12.0 Å². The maximum Gasteiger partial charge on any atom is 0.473 e. The molecule has 0 aliphatic carbocycles. The summed E-state index contributed by atoms with van der Waals surface area (Å²) in [4.78, 5) is 12.6. The number of rotatable bonds is 0. The maximum absolute atomic E-state index is 13.8. The third-order valence-electron chi connectivity index (χ3n) is 3.83. The molecule has 0 bridgehead atoms. The first-order chi connectivity index (χ1) is 10.9. The van der Waals surface area contributed by atoms with E-state index in [0.717, 1.165) is 0 Å². The SMILES string of the molecule is O=C1C2=Cc3ccccc3O[C@@]2(C(F)(F)F)Oc2ccccc21. The van der Waals surface area contributed by atoms with Gasteiger partial charge in [0.1, 0.15) is 11.5 Å². The Hall–Kier alpha value is -2.76. The van der Waals surface area contributed by atoms with Crippen LogP contribution in [0.15, 0.2) is 54.1 Å². The Balaban J connectivity index is 2.01. The lowest BCUT2D eigenvalue weighted by molar-refractivity contribution is -0.303. The van der Waals surface area contributed by atoms with E-state index in [1.165, 1.54) is 30.3 Å². The third kappa shape index (κ3) is 1.81. The molecule has 116 valence electrons. The average Bonchev–Trinajstić information content (AvgIpc) is 2.52. The Morgan fingerprint density at radius 1 is 0.870 bits per heavy atom. The Kier molecular flexibility index (Phi) is 2.64. The second-order valence-corrected chi connectivity index (χ2v) is 5.24. The summed E-state index contributed by atoms with van der Waals surface area (Å²) in [7, 11) is 0. The van der Waals surface area contributed by atoms with Gasteiger partial charge in [0.2, 0.25) is 5.78 Å². The van der Waals surface area contributed by atoms with Gasteiger partial charge in [0.15, 0.2) is 0 Å². The predicted molar refractivity (Wildman–Crippen MR) is 75.2 cm³/mol. The first-order valence-corrected chi connectivity index (χ1v) is 6.82. The highest BCUT2D eigenvalue weighted by atomic mass is 19.4. The molecule has 0 aromatic heterocycles. The fourth-order valence-corrected chi connectivity index (χ4v) is 2.76. The zero-order valence-corrected chi connectivity index (χ0v) is 11.6. The minimum Gasteiger partial charge on any atom is -0.440 e. The number of ketones is 1. The Morgan fingerprint density at radius 2 is 1.48 bits per heavy atom. The van der Waals surface area contributed by atoms with Gasteiger partial charge in [-0.3, -0.25) is 4.79 Å². The summed E-state index contributed by atoms with van der Waals surface area (Å²) in [5.74, 6) is -4.00. The van der Waals surface area contributed by atoms with Crippen LogP contribution in [0.3, 0.4) is 0 Å². The lowest BCUT2D eigenvalue weighted by Crippen LogP contribution is -2.60. The van der Waals surface area contributed by atoms with Gasteiger partial charge >= 0.3 is 12.0 Å². The summed E-state index contributed by atoms with van der Waals surface area (Å²) in [6.45, 7) is 0. The number of hydrogen-bond donors (Lipinski definition) is 0. The van der Waals surface area contributed by atoms with Crippen molar-refractivity contribution in [2.24, 2.45) is 0 Å². The van der Waals surface area contributed by atoms with Crippen molar-refractivity contribution in [3.05, 3.63) is 65.2 Å². The summed E-state index contributed by atoms with van der Waals surface area (Å²) in [5, 5.41) is 0. The largest absolute Gasteiger partial charge is 0.473 e. The standard InChI is InChI=1S/C17H9F3O3/c18-17(19,20)16-12(9-10-5-1-3-7-13(10)22-16)15(21)11-6-2-4-8-14(11)23-16/h1-9H/t16-/m1/s1. The molecule has 1 atom stereocenters. The van der Waals surface area contributed by atoms with Gasteiger partial charge in [0.25, 0.3) is 0 Å². The van der Waals surface area contributed by atoms with E-state index in [1.807, 2.05) is 0 Å². The molecule has 2 aromatic carbocycles. The first-order valence-electron chi connectivity index (χ1n) is 6.82. The first kappa shape index (κ1) is 13.9. The van der Waals surface area contributed by atoms with Crippen LogP contribution in [0.1, 0.15) is 15.9 Å². The normalized spacial score (nSPS) is 22.0. The molecule has 2 heterocycles. The fourth-order valence-electron chi connectivity index (χ4n) is 2.76. The number of carbonyl (C=O) groups is 1. The molecule has 4 rings (SSSR count). The second kappa shape index (κ2) is 4.38. The van der Waals surface area contributed by atoms with Crippen LogP contribution in [0, 0.1) is 0 Å². The highest BCUT2D eigenvalue weighted by molar-refractivity contribution is 6.15. The monoisotopic (exact) mass is 318 g/mol. The van der Waals surface area contributed by atoms with Crippen LogP contribution in [-0.4, -0.2) is 17.7 Å². The van der Waals surface area contributed by atoms with Gasteiger partial charge in [-0.2, -0.15) is 13.2 Å². The van der Waals surface area contributed by atoms with E-state index >= 15 is 0 Å². The van der Waals surface area contributed by atoms with Crippen molar-refractivity contribution in [2.75, 3.05) is 0 Å². The van der Waals surface area contributed by atoms with E-state index in [2.05, 4.69) is 0 Å². The van der Waals surface area contributed by atoms with Gasteiger partial charge in [0, 0.05) is 5.56 Å². The number of Topliss-reactive ketones (excluding diaryl/α,β-unsaturated/α-hetero) is 1. The van der Waals surface area contributed by atoms with Crippen LogP contribution in [0.4, 0.5) is 13.2 Å². The molecule has 0 radical (unpaired) electrons. The van der Waals surface area contributed by atoms with E-state index in [9.17, 15) is 18.0 Å². The minimum atomic E-state index is -4.92. The van der Waals surface area contributed by atoms with Gasteiger partial charge in [-0.25, -0.2) is 0 Å². The van der Waals surface area contributed by atoms with Crippen molar-refractivity contribution in [3.8, 4) is 11.5 Å². The number of carbonyl (C=O) groups excluding carboxylic acids is 1. The number of fused-ring (bicyclic) bond motifs is 3. The van der Waals surface area contributed by atoms with Gasteiger partial charge in [0.05, 0.1) is 11.1 Å². The Bertz CT molecular complexity index is 854. The minimum absolute atomic E-state index is 0.0146. The molecule has 0 unspecified atom stereocenters. The number of para-hydroxylation sites is 2. The van der Waals surface area contributed by atoms with Crippen LogP contribution < -0.4 is 9.47 Å². The summed E-state index contributed by atoms with van der Waals surface area (Å²) in [5.41, 5.74) is -0.0808. The number of alkyl halides is 3. The summed E-state index contributed by atoms with van der Waals surface area (Å²) in [6, 6.07) is 12.0. The molecule has 6 heteroatoms. The van der Waals surface area contributed by atoms with Crippen LogP contribution >= 0.6 is 0 Å². The van der Waals surface area contributed by atoms with E-state index in [-0.39, 0.29) is 17.1 Å². The quantitative estimate of drug-likeness (QED) is 0.736. The fraction of sp³-hybridized carbons (Fsp3) is 0.118. The topological polar surface area (TPSA) is 35.5 Å². The molecule has 2 aliphatic heterocycles. The average molecular weight is 318 g/mol. The Labute approximate surface area is 128 Å². The number of hydrogen-bond acceptors (Lipinski definition) is 3. The zero-order valence-electron chi connectivity index (χ0n) is 11.6. The number of ether oxygens (including phenoxy) is 2. The highest BCUT2D eigenvalue weighted by Gasteiger charge is 2.68. The summed E-state index contributed by atoms with van der Waals surface area (Å²) < 4.78 is 51.7. The van der Waals surface area contributed by atoms with E-state index in [1.54, 1.807) is 24.3 Å². The molecule has 0 saturated heterocycles. The predicted octanol–water partition coefficient (Wildman–Crippen LogP) is 4.00. The molecular weight excluding hydrogens is 309 g/mol. The molecule has 0 amide bonds. The van der Waals surface area contributed by atoms with E-state index < -0.39 is 23.3 Å².